The molecular formula is C22H28O2. The Morgan fingerprint density at radius 2 is 1.62 bits per heavy atom. The summed E-state index contributed by atoms with van der Waals surface area (Å²) < 4.78 is 0. The van der Waals surface area contributed by atoms with Crippen LogP contribution in [0.25, 0.3) is 0 Å². The zero-order valence-electron chi connectivity index (χ0n) is 15.7. The summed E-state index contributed by atoms with van der Waals surface area (Å²) in [6.07, 6.45) is 4.04. The molecule has 1 aromatic carbocycles. The van der Waals surface area contributed by atoms with Crippen molar-refractivity contribution in [3.8, 4) is 0 Å². The van der Waals surface area contributed by atoms with Crippen molar-refractivity contribution < 1.29 is 9.59 Å². The van der Waals surface area contributed by atoms with Crippen LogP contribution in [0.1, 0.15) is 75.1 Å². The van der Waals surface area contributed by atoms with Gasteiger partial charge in [0, 0.05) is 22.3 Å². The Kier molecular flexibility index (Phi) is 5.27. The lowest BCUT2D eigenvalue weighted by Gasteiger charge is -2.31. The van der Waals surface area contributed by atoms with Gasteiger partial charge >= 0.3 is 0 Å². The molecule has 0 saturated heterocycles. The van der Waals surface area contributed by atoms with Crippen LogP contribution < -0.4 is 0 Å². The number of rotatable bonds is 5. The molecule has 1 aliphatic carbocycles. The molecule has 0 atom stereocenters. The van der Waals surface area contributed by atoms with Crippen molar-refractivity contribution in [3.63, 3.8) is 0 Å². The van der Waals surface area contributed by atoms with Crippen LogP contribution in [-0.4, -0.2) is 11.6 Å². The van der Waals surface area contributed by atoms with E-state index in [1.54, 1.807) is 19.1 Å². The van der Waals surface area contributed by atoms with Crippen molar-refractivity contribution >= 4 is 11.6 Å². The quantitative estimate of drug-likeness (QED) is 0.642. The van der Waals surface area contributed by atoms with Gasteiger partial charge in [0.05, 0.1) is 0 Å². The van der Waals surface area contributed by atoms with Crippen LogP contribution in [0.4, 0.5) is 0 Å². The molecule has 0 bridgehead atoms. The van der Waals surface area contributed by atoms with Gasteiger partial charge in [-0.1, -0.05) is 63.6 Å². The molecule has 2 rings (SSSR count). The first-order valence-corrected chi connectivity index (χ1v) is 8.70. The molecule has 0 aliphatic heterocycles. The van der Waals surface area contributed by atoms with Crippen LogP contribution in [0.5, 0.6) is 0 Å². The molecule has 0 aromatic heterocycles. The number of carbonyl (C=O) groups is 2. The standard InChI is InChI=1S/C22H28O2/c1-14(2)13-15(3)11-12-22(5,6)19-16(4)20(23)17-9-7-8-10-18(17)21(19)24/h7-11,14H,12-13H2,1-6H3/b15-11-. The number of allylic oxidation sites excluding steroid dienone is 4. The van der Waals surface area contributed by atoms with E-state index in [9.17, 15) is 9.59 Å². The minimum Gasteiger partial charge on any atom is -0.289 e. The summed E-state index contributed by atoms with van der Waals surface area (Å²) >= 11 is 0. The number of benzene rings is 1. The molecule has 0 N–H and O–H groups in total. The van der Waals surface area contributed by atoms with Gasteiger partial charge in [-0.3, -0.25) is 9.59 Å². The van der Waals surface area contributed by atoms with Gasteiger partial charge in [-0.05, 0) is 38.0 Å². The third kappa shape index (κ3) is 3.58. The average molecular weight is 324 g/mol. The molecular weight excluding hydrogens is 296 g/mol. The van der Waals surface area contributed by atoms with Crippen molar-refractivity contribution in [3.05, 3.63) is 58.2 Å². The maximum absolute atomic E-state index is 13.0. The molecule has 2 heteroatoms. The minimum absolute atomic E-state index is 0.00242. The monoisotopic (exact) mass is 324 g/mol. The Morgan fingerprint density at radius 1 is 1.08 bits per heavy atom. The van der Waals surface area contributed by atoms with E-state index in [2.05, 4.69) is 40.7 Å². The van der Waals surface area contributed by atoms with E-state index in [0.29, 0.717) is 28.2 Å². The van der Waals surface area contributed by atoms with Crippen molar-refractivity contribution in [2.75, 3.05) is 0 Å². The van der Waals surface area contributed by atoms with Gasteiger partial charge in [0.25, 0.3) is 0 Å². The molecule has 1 aromatic rings. The van der Waals surface area contributed by atoms with Gasteiger partial charge < -0.3 is 0 Å². The molecule has 0 fully saturated rings. The lowest BCUT2D eigenvalue weighted by molar-refractivity contribution is 0.0954. The van der Waals surface area contributed by atoms with Gasteiger partial charge in [-0.15, -0.1) is 0 Å². The smallest absolute Gasteiger partial charge is 0.190 e. The van der Waals surface area contributed by atoms with Gasteiger partial charge in [0.2, 0.25) is 0 Å². The molecule has 128 valence electrons. The molecule has 1 aliphatic rings. The zero-order chi connectivity index (χ0) is 18.1. The highest BCUT2D eigenvalue weighted by Gasteiger charge is 2.37. The van der Waals surface area contributed by atoms with Crippen molar-refractivity contribution in [2.24, 2.45) is 11.3 Å². The largest absolute Gasteiger partial charge is 0.289 e. The summed E-state index contributed by atoms with van der Waals surface area (Å²) in [5.74, 6) is 0.605. The van der Waals surface area contributed by atoms with Crippen LogP contribution in [0, 0.1) is 11.3 Å². The van der Waals surface area contributed by atoms with Crippen molar-refractivity contribution in [1.29, 1.82) is 0 Å². The van der Waals surface area contributed by atoms with Gasteiger partial charge in [0.15, 0.2) is 11.6 Å². The molecule has 24 heavy (non-hydrogen) atoms. The molecule has 0 spiro atoms. The van der Waals surface area contributed by atoms with Crippen LogP contribution in [-0.2, 0) is 0 Å². The predicted molar refractivity (Wildman–Crippen MR) is 99.4 cm³/mol. The Balaban J connectivity index is 2.38. The Labute approximate surface area is 145 Å². The van der Waals surface area contributed by atoms with Crippen LogP contribution >= 0.6 is 0 Å². The first-order chi connectivity index (χ1) is 11.1. The maximum atomic E-state index is 13.0. The van der Waals surface area contributed by atoms with E-state index in [1.165, 1.54) is 5.57 Å². The van der Waals surface area contributed by atoms with Crippen LogP contribution in [0.15, 0.2) is 47.1 Å². The van der Waals surface area contributed by atoms with Crippen molar-refractivity contribution in [2.45, 2.75) is 54.4 Å². The van der Waals surface area contributed by atoms with E-state index in [4.69, 9.17) is 0 Å². The summed E-state index contributed by atoms with van der Waals surface area (Å²) in [5.41, 5.74) is 3.32. The van der Waals surface area contributed by atoms with Crippen LogP contribution in [0.3, 0.4) is 0 Å². The lowest BCUT2D eigenvalue weighted by atomic mass is 9.70. The Hall–Kier alpha value is -1.96. The Bertz CT molecular complexity index is 730. The molecule has 0 radical (unpaired) electrons. The maximum Gasteiger partial charge on any atom is 0.190 e. The summed E-state index contributed by atoms with van der Waals surface area (Å²) in [4.78, 5) is 25.7. The number of carbonyl (C=O) groups excluding carboxylic acids is 2. The third-order valence-electron chi connectivity index (χ3n) is 4.73. The highest BCUT2D eigenvalue weighted by Crippen LogP contribution is 2.40. The zero-order valence-corrected chi connectivity index (χ0v) is 15.7. The Morgan fingerprint density at radius 3 is 2.17 bits per heavy atom. The number of fused-ring (bicyclic) bond motifs is 1. The number of hydrogen-bond donors (Lipinski definition) is 0. The molecule has 0 heterocycles. The highest BCUT2D eigenvalue weighted by molar-refractivity contribution is 6.27. The van der Waals surface area contributed by atoms with E-state index in [-0.39, 0.29) is 17.0 Å². The van der Waals surface area contributed by atoms with Gasteiger partial charge in [0.1, 0.15) is 0 Å². The fourth-order valence-electron chi connectivity index (χ4n) is 3.57. The molecule has 0 unspecified atom stereocenters. The number of Topliss-reactive ketones (excluding diaryl/α,β-unsaturated/α-hetero) is 2. The predicted octanol–water partition coefficient (Wildman–Crippen LogP) is 5.79. The second kappa shape index (κ2) is 6.88. The molecule has 0 saturated carbocycles. The average Bonchev–Trinajstić information content (AvgIpc) is 2.50. The van der Waals surface area contributed by atoms with Gasteiger partial charge in [-0.2, -0.15) is 0 Å². The summed E-state index contributed by atoms with van der Waals surface area (Å²) in [5, 5.41) is 0. The first kappa shape index (κ1) is 18.4. The second-order valence-electron chi connectivity index (χ2n) is 7.94. The fraction of sp³-hybridized carbons (Fsp3) is 0.455. The first-order valence-electron chi connectivity index (χ1n) is 8.70. The summed E-state index contributed by atoms with van der Waals surface area (Å²) in [7, 11) is 0. The topological polar surface area (TPSA) is 34.1 Å². The van der Waals surface area contributed by atoms with Crippen molar-refractivity contribution in [1.82, 2.24) is 0 Å². The van der Waals surface area contributed by atoms with E-state index < -0.39 is 0 Å². The number of hydrogen-bond acceptors (Lipinski definition) is 2. The minimum atomic E-state index is -0.359. The van der Waals surface area contributed by atoms with Crippen LogP contribution in [0.2, 0.25) is 0 Å². The van der Waals surface area contributed by atoms with E-state index >= 15 is 0 Å². The SMILES string of the molecule is CC1=C(C(C)(C)C/C=C(/C)CC(C)C)C(=O)c2ccccc2C1=O. The van der Waals surface area contributed by atoms with Gasteiger partial charge in [-0.25, -0.2) is 0 Å². The molecule has 2 nitrogen and oxygen atoms in total. The highest BCUT2D eigenvalue weighted by atomic mass is 16.1. The lowest BCUT2D eigenvalue weighted by Crippen LogP contribution is -2.29. The number of ketones is 2. The van der Waals surface area contributed by atoms with E-state index in [1.807, 2.05) is 12.1 Å². The normalized spacial score (nSPS) is 16.0. The molecule has 0 amide bonds. The fourth-order valence-corrected chi connectivity index (χ4v) is 3.57. The van der Waals surface area contributed by atoms with E-state index in [0.717, 1.165) is 12.8 Å². The third-order valence-corrected chi connectivity index (χ3v) is 4.73. The second-order valence-corrected chi connectivity index (χ2v) is 7.94. The summed E-state index contributed by atoms with van der Waals surface area (Å²) in [6, 6.07) is 7.14. The summed E-state index contributed by atoms with van der Waals surface area (Å²) in [6.45, 7) is 12.5.